The quantitative estimate of drug-likeness (QED) is 0.514. The summed E-state index contributed by atoms with van der Waals surface area (Å²) in [7, 11) is 3.85. The van der Waals surface area contributed by atoms with Crippen LogP contribution < -0.4 is 10.6 Å². The van der Waals surface area contributed by atoms with Crippen molar-refractivity contribution in [3.05, 3.63) is 57.9 Å². The maximum atomic E-state index is 12.9. The van der Waals surface area contributed by atoms with Gasteiger partial charge in [-0.25, -0.2) is 0 Å². The van der Waals surface area contributed by atoms with Crippen molar-refractivity contribution in [1.82, 2.24) is 25.3 Å². The van der Waals surface area contributed by atoms with Crippen LogP contribution >= 0.6 is 23.2 Å². The molecule has 3 amide bonds. The molecule has 0 spiro atoms. The largest absolute Gasteiger partial charge is 0.346 e. The maximum Gasteiger partial charge on any atom is 0.271 e. The lowest BCUT2D eigenvalue weighted by Gasteiger charge is -2.32. The SMILES string of the molecule is CN(C)CC=CC(=O)N1CCC[C@@H](NC(=O)c2[nH]ncc2NC(=O)c2c(Cl)cccc2Cl)C1. The molecule has 1 saturated heterocycles. The van der Waals surface area contributed by atoms with Crippen LogP contribution in [0.25, 0.3) is 0 Å². The first-order valence-electron chi connectivity index (χ1n) is 10.5. The van der Waals surface area contributed by atoms with Gasteiger partial charge < -0.3 is 20.4 Å². The molecule has 1 aliphatic rings. The van der Waals surface area contributed by atoms with Crippen molar-refractivity contribution in [3.8, 4) is 0 Å². The summed E-state index contributed by atoms with van der Waals surface area (Å²) in [5.74, 6) is -1.07. The maximum absolute atomic E-state index is 12.9. The zero-order valence-electron chi connectivity index (χ0n) is 18.4. The zero-order chi connectivity index (χ0) is 24.0. The van der Waals surface area contributed by atoms with Gasteiger partial charge in [0.05, 0.1) is 27.5 Å². The third-order valence-electron chi connectivity index (χ3n) is 5.10. The highest BCUT2D eigenvalue weighted by Gasteiger charge is 2.26. The number of H-pyrrole nitrogens is 1. The molecule has 2 heterocycles. The smallest absolute Gasteiger partial charge is 0.271 e. The number of anilines is 1. The zero-order valence-corrected chi connectivity index (χ0v) is 19.9. The number of hydrogen-bond acceptors (Lipinski definition) is 5. The van der Waals surface area contributed by atoms with Crippen LogP contribution in [0, 0.1) is 0 Å². The summed E-state index contributed by atoms with van der Waals surface area (Å²) < 4.78 is 0. The van der Waals surface area contributed by atoms with Crippen LogP contribution in [-0.2, 0) is 4.79 Å². The molecule has 176 valence electrons. The molecule has 0 aliphatic carbocycles. The number of rotatable bonds is 7. The van der Waals surface area contributed by atoms with Gasteiger partial charge in [-0.3, -0.25) is 19.5 Å². The highest BCUT2D eigenvalue weighted by Crippen LogP contribution is 2.25. The molecule has 11 heteroatoms. The van der Waals surface area contributed by atoms with Crippen LogP contribution in [0.4, 0.5) is 5.69 Å². The van der Waals surface area contributed by atoms with Crippen molar-refractivity contribution in [3.63, 3.8) is 0 Å². The van der Waals surface area contributed by atoms with Crippen LogP contribution in [0.5, 0.6) is 0 Å². The number of nitrogens with one attached hydrogen (secondary N) is 3. The van der Waals surface area contributed by atoms with Gasteiger partial charge in [-0.2, -0.15) is 5.10 Å². The number of aromatic nitrogens is 2. The Morgan fingerprint density at radius 2 is 1.97 bits per heavy atom. The van der Waals surface area contributed by atoms with Gasteiger partial charge in [0.15, 0.2) is 0 Å². The van der Waals surface area contributed by atoms with Gasteiger partial charge in [-0.15, -0.1) is 0 Å². The molecule has 1 aromatic carbocycles. The Labute approximate surface area is 202 Å². The van der Waals surface area contributed by atoms with Gasteiger partial charge in [0.1, 0.15) is 5.69 Å². The first kappa shape index (κ1) is 24.8. The highest BCUT2D eigenvalue weighted by atomic mass is 35.5. The molecule has 0 bridgehead atoms. The number of piperidine rings is 1. The number of benzene rings is 1. The molecule has 1 atom stereocenters. The van der Waals surface area contributed by atoms with Gasteiger partial charge in [0.2, 0.25) is 5.91 Å². The van der Waals surface area contributed by atoms with E-state index in [0.29, 0.717) is 19.6 Å². The van der Waals surface area contributed by atoms with Crippen molar-refractivity contribution in [2.45, 2.75) is 18.9 Å². The standard InChI is InChI=1S/C22H26Cl2N6O3/c1-29(2)10-5-9-18(31)30-11-4-6-14(13-30)26-22(33)20-17(12-25-28-20)27-21(32)19-15(23)7-3-8-16(19)24/h3,5,7-9,12,14H,4,6,10-11,13H2,1-2H3,(H,25,28)(H,26,33)(H,27,32)/t14-/m1/s1. The number of carbonyl (C=O) groups excluding carboxylic acids is 3. The van der Waals surface area contributed by atoms with Crippen molar-refractivity contribution in [2.24, 2.45) is 0 Å². The Balaban J connectivity index is 1.62. The number of nitrogens with zero attached hydrogens (tertiary/aromatic N) is 3. The Morgan fingerprint density at radius 3 is 2.67 bits per heavy atom. The minimum atomic E-state index is -0.556. The Kier molecular flexibility index (Phi) is 8.49. The number of likely N-dealkylation sites (N-methyl/N-ethyl adjacent to an activating group) is 1. The monoisotopic (exact) mass is 492 g/mol. The van der Waals surface area contributed by atoms with Crippen LogP contribution in [0.1, 0.15) is 33.7 Å². The molecule has 0 saturated carbocycles. The average molecular weight is 493 g/mol. The number of carbonyl (C=O) groups is 3. The molecule has 3 rings (SSSR count). The first-order valence-corrected chi connectivity index (χ1v) is 11.2. The first-order chi connectivity index (χ1) is 15.8. The summed E-state index contributed by atoms with van der Waals surface area (Å²) >= 11 is 12.2. The molecule has 1 fully saturated rings. The summed E-state index contributed by atoms with van der Waals surface area (Å²) in [4.78, 5) is 41.6. The number of aromatic amines is 1. The summed E-state index contributed by atoms with van der Waals surface area (Å²) in [5.41, 5.74) is 0.404. The third kappa shape index (κ3) is 6.56. The topological polar surface area (TPSA) is 110 Å². The van der Waals surface area contributed by atoms with Crippen molar-refractivity contribution < 1.29 is 14.4 Å². The molecular formula is C22H26Cl2N6O3. The second kappa shape index (κ2) is 11.3. The molecule has 2 aromatic rings. The van der Waals surface area contributed by atoms with Crippen LogP contribution in [0.2, 0.25) is 10.0 Å². The predicted octanol–water partition coefficient (Wildman–Crippen LogP) is 2.81. The number of halogens is 2. The van der Waals surface area contributed by atoms with Crippen molar-refractivity contribution in [2.75, 3.05) is 39.0 Å². The van der Waals surface area contributed by atoms with Gasteiger partial charge in [-0.1, -0.05) is 35.3 Å². The van der Waals surface area contributed by atoms with Crippen LogP contribution in [-0.4, -0.2) is 77.5 Å². The minimum absolute atomic E-state index is 0.0816. The van der Waals surface area contributed by atoms with Crippen molar-refractivity contribution >= 4 is 46.6 Å². The molecule has 3 N–H and O–H groups in total. The fourth-order valence-electron chi connectivity index (χ4n) is 3.48. The number of amides is 3. The average Bonchev–Trinajstić information content (AvgIpc) is 3.21. The molecule has 0 unspecified atom stereocenters. The van der Waals surface area contributed by atoms with Crippen LogP contribution in [0.15, 0.2) is 36.5 Å². The second-order valence-corrected chi connectivity index (χ2v) is 8.79. The van der Waals surface area contributed by atoms with E-state index < -0.39 is 11.8 Å². The normalized spacial score (nSPS) is 16.3. The van der Waals surface area contributed by atoms with Crippen molar-refractivity contribution in [1.29, 1.82) is 0 Å². The summed E-state index contributed by atoms with van der Waals surface area (Å²) in [6.45, 7) is 1.72. The lowest BCUT2D eigenvalue weighted by Crippen LogP contribution is -2.49. The van der Waals surface area contributed by atoms with E-state index in [0.717, 1.165) is 12.8 Å². The van der Waals surface area contributed by atoms with Gasteiger partial charge in [-0.05, 0) is 39.1 Å². The Bertz CT molecular complexity index is 1030. The lowest BCUT2D eigenvalue weighted by atomic mass is 10.1. The summed E-state index contributed by atoms with van der Waals surface area (Å²) in [6.07, 6.45) is 6.23. The van der Waals surface area contributed by atoms with Gasteiger partial charge in [0, 0.05) is 31.8 Å². The molecule has 1 aromatic heterocycles. The molecule has 0 radical (unpaired) electrons. The summed E-state index contributed by atoms with van der Waals surface area (Å²) in [5, 5.41) is 12.4. The second-order valence-electron chi connectivity index (χ2n) is 7.97. The summed E-state index contributed by atoms with van der Waals surface area (Å²) in [6, 6.07) is 4.52. The number of hydrogen-bond donors (Lipinski definition) is 3. The van der Waals surface area contributed by atoms with E-state index in [4.69, 9.17) is 23.2 Å². The number of likely N-dealkylation sites (tertiary alicyclic amines) is 1. The minimum Gasteiger partial charge on any atom is -0.346 e. The van der Waals surface area contributed by atoms with E-state index in [-0.39, 0.29) is 38.9 Å². The Hall–Kier alpha value is -2.88. The predicted molar refractivity (Wildman–Crippen MR) is 128 cm³/mol. The molecule has 1 aliphatic heterocycles. The van der Waals surface area contributed by atoms with E-state index in [1.807, 2.05) is 25.1 Å². The highest BCUT2D eigenvalue weighted by molar-refractivity contribution is 6.40. The van der Waals surface area contributed by atoms with E-state index in [2.05, 4.69) is 20.8 Å². The van der Waals surface area contributed by atoms with E-state index in [9.17, 15) is 14.4 Å². The molecular weight excluding hydrogens is 467 g/mol. The van der Waals surface area contributed by atoms with Gasteiger partial charge >= 0.3 is 0 Å². The van der Waals surface area contributed by atoms with Crippen LogP contribution in [0.3, 0.4) is 0 Å². The fraction of sp³-hybridized carbons (Fsp3) is 0.364. The fourth-order valence-corrected chi connectivity index (χ4v) is 4.05. The third-order valence-corrected chi connectivity index (χ3v) is 5.73. The molecule has 9 nitrogen and oxygen atoms in total. The van der Waals surface area contributed by atoms with E-state index in [1.165, 1.54) is 6.20 Å². The van der Waals surface area contributed by atoms with E-state index in [1.54, 1.807) is 29.2 Å². The molecule has 33 heavy (non-hydrogen) atoms. The Morgan fingerprint density at radius 1 is 1.24 bits per heavy atom. The van der Waals surface area contributed by atoms with E-state index >= 15 is 0 Å². The van der Waals surface area contributed by atoms with Gasteiger partial charge in [0.25, 0.3) is 11.8 Å². The lowest BCUT2D eigenvalue weighted by molar-refractivity contribution is -0.127.